The van der Waals surface area contributed by atoms with Gasteiger partial charge in [0, 0.05) is 51.1 Å². The van der Waals surface area contributed by atoms with Crippen molar-refractivity contribution in [2.75, 3.05) is 46.6 Å². The van der Waals surface area contributed by atoms with Crippen LogP contribution < -0.4 is 10.6 Å². The molecule has 1 fully saturated rings. The molecule has 0 radical (unpaired) electrons. The molecule has 0 aromatic carbocycles. The summed E-state index contributed by atoms with van der Waals surface area (Å²) in [6.07, 6.45) is 3.02. The van der Waals surface area contributed by atoms with E-state index in [1.165, 1.54) is 0 Å². The maximum atomic E-state index is 5.69. The Hall–Kier alpha value is -0.450. The second-order valence-corrected chi connectivity index (χ2v) is 6.75. The van der Waals surface area contributed by atoms with Gasteiger partial charge >= 0.3 is 0 Å². The van der Waals surface area contributed by atoms with E-state index in [0.717, 1.165) is 75.4 Å². The summed E-state index contributed by atoms with van der Waals surface area (Å²) in [6, 6.07) is 0. The lowest BCUT2D eigenvalue weighted by Gasteiger charge is -2.12. The molecule has 0 aliphatic carbocycles. The number of aliphatic imine (C=N–C) groups is 1. The van der Waals surface area contributed by atoms with E-state index < -0.39 is 0 Å². The summed E-state index contributed by atoms with van der Waals surface area (Å²) in [5.74, 6) is 1.42. The minimum absolute atomic E-state index is 0. The molecule has 1 saturated heterocycles. The van der Waals surface area contributed by atoms with Crippen molar-refractivity contribution >= 4 is 41.3 Å². The maximum Gasteiger partial charge on any atom is 0.190 e. The number of halogens is 1. The first-order chi connectivity index (χ1) is 11.3. The summed E-state index contributed by atoms with van der Waals surface area (Å²) in [4.78, 5) is 8.68. The van der Waals surface area contributed by atoms with E-state index in [1.807, 2.05) is 6.92 Å². The van der Waals surface area contributed by atoms with Gasteiger partial charge in [-0.2, -0.15) is 0 Å². The van der Waals surface area contributed by atoms with Crippen molar-refractivity contribution in [2.24, 2.45) is 10.9 Å². The number of nitrogens with zero attached hydrogens (tertiary/aromatic N) is 2. The normalized spacial score (nSPS) is 17.6. The average molecular weight is 468 g/mol. The number of hydrogen-bond donors (Lipinski definition) is 2. The second kappa shape index (κ2) is 12.8. The first-order valence-electron chi connectivity index (χ1n) is 8.29. The van der Waals surface area contributed by atoms with Crippen LogP contribution in [0.4, 0.5) is 0 Å². The van der Waals surface area contributed by atoms with Crippen molar-refractivity contribution in [2.45, 2.75) is 26.2 Å². The van der Waals surface area contributed by atoms with E-state index >= 15 is 0 Å². The third-order valence-corrected chi connectivity index (χ3v) is 4.52. The van der Waals surface area contributed by atoms with E-state index in [0.29, 0.717) is 5.92 Å². The fourth-order valence-electron chi connectivity index (χ4n) is 2.40. The second-order valence-electron chi connectivity index (χ2n) is 5.69. The molecular formula is C16H29IN4O2S. The Kier molecular flexibility index (Phi) is 11.6. The van der Waals surface area contributed by atoms with Gasteiger partial charge < -0.3 is 20.1 Å². The largest absolute Gasteiger partial charge is 0.381 e. The molecule has 2 rings (SSSR count). The van der Waals surface area contributed by atoms with Crippen LogP contribution in [-0.2, 0) is 15.9 Å². The molecular weight excluding hydrogens is 439 g/mol. The predicted molar refractivity (Wildman–Crippen MR) is 110 cm³/mol. The van der Waals surface area contributed by atoms with E-state index in [-0.39, 0.29) is 24.0 Å². The molecule has 1 aliphatic heterocycles. The Morgan fingerprint density at radius 3 is 2.96 bits per heavy atom. The smallest absolute Gasteiger partial charge is 0.190 e. The summed E-state index contributed by atoms with van der Waals surface area (Å²) < 4.78 is 11.0. The summed E-state index contributed by atoms with van der Waals surface area (Å²) in [5.41, 5.74) is 1.14. The Balaban J connectivity index is 0.00000288. The molecule has 24 heavy (non-hydrogen) atoms. The number of guanidine groups is 1. The van der Waals surface area contributed by atoms with Crippen LogP contribution in [0.1, 0.15) is 23.5 Å². The van der Waals surface area contributed by atoms with Gasteiger partial charge in [0.15, 0.2) is 5.96 Å². The molecule has 0 bridgehead atoms. The highest BCUT2D eigenvalue weighted by molar-refractivity contribution is 14.0. The number of aryl methyl sites for hydroxylation is 1. The van der Waals surface area contributed by atoms with Gasteiger partial charge in [-0.15, -0.1) is 35.3 Å². The van der Waals surface area contributed by atoms with Crippen molar-refractivity contribution < 1.29 is 9.47 Å². The van der Waals surface area contributed by atoms with Crippen LogP contribution in [0.5, 0.6) is 0 Å². The highest BCUT2D eigenvalue weighted by atomic mass is 127. The average Bonchev–Trinajstić information content (AvgIpc) is 3.20. The van der Waals surface area contributed by atoms with Gasteiger partial charge in [-0.3, -0.25) is 4.99 Å². The van der Waals surface area contributed by atoms with Crippen LogP contribution in [0, 0.1) is 12.8 Å². The number of nitrogens with one attached hydrogen (secondary N) is 2. The molecule has 1 unspecified atom stereocenters. The van der Waals surface area contributed by atoms with Crippen LogP contribution in [0.25, 0.3) is 0 Å². The van der Waals surface area contributed by atoms with Crippen molar-refractivity contribution in [3.63, 3.8) is 0 Å². The standard InChI is InChI=1S/C16H28N4O2S.HI/c1-13-20-15(12-23-13)4-7-19-16(17-2)18-6-3-8-21-10-14-5-9-22-11-14;/h12,14H,3-11H2,1-2H3,(H2,17,18,19);1H. The number of aromatic nitrogens is 1. The van der Waals surface area contributed by atoms with E-state index in [9.17, 15) is 0 Å². The molecule has 0 saturated carbocycles. The third kappa shape index (κ3) is 8.59. The maximum absolute atomic E-state index is 5.69. The summed E-state index contributed by atoms with van der Waals surface area (Å²) in [7, 11) is 1.79. The van der Waals surface area contributed by atoms with Gasteiger partial charge in [0.2, 0.25) is 0 Å². The van der Waals surface area contributed by atoms with Crippen molar-refractivity contribution in [3.05, 3.63) is 16.1 Å². The van der Waals surface area contributed by atoms with Gasteiger partial charge in [0.1, 0.15) is 0 Å². The molecule has 1 atom stereocenters. The number of hydrogen-bond acceptors (Lipinski definition) is 5. The summed E-state index contributed by atoms with van der Waals surface area (Å²) in [5, 5.41) is 9.84. The Bertz CT molecular complexity index is 478. The first-order valence-corrected chi connectivity index (χ1v) is 9.17. The zero-order valence-corrected chi connectivity index (χ0v) is 17.7. The van der Waals surface area contributed by atoms with Crippen LogP contribution in [0.2, 0.25) is 0 Å². The molecule has 2 N–H and O–H groups in total. The third-order valence-electron chi connectivity index (χ3n) is 3.70. The SMILES string of the molecule is CN=C(NCCCOCC1CCOC1)NCCc1csc(C)n1.I. The number of thiazole rings is 1. The molecule has 6 nitrogen and oxygen atoms in total. The molecule has 8 heteroatoms. The molecule has 0 spiro atoms. The van der Waals surface area contributed by atoms with Gasteiger partial charge in [-0.1, -0.05) is 0 Å². The van der Waals surface area contributed by atoms with Gasteiger partial charge in [0.25, 0.3) is 0 Å². The summed E-state index contributed by atoms with van der Waals surface area (Å²) in [6.45, 7) is 7.06. The summed E-state index contributed by atoms with van der Waals surface area (Å²) >= 11 is 1.69. The topological polar surface area (TPSA) is 67.8 Å². The number of rotatable bonds is 9. The quantitative estimate of drug-likeness (QED) is 0.252. The number of ether oxygens (including phenoxy) is 2. The Labute approximate surface area is 165 Å². The molecule has 1 aromatic rings. The molecule has 138 valence electrons. The molecule has 1 aliphatic rings. The highest BCUT2D eigenvalue weighted by Gasteiger charge is 2.15. The van der Waals surface area contributed by atoms with E-state index in [1.54, 1.807) is 18.4 Å². The minimum atomic E-state index is 0. The zero-order valence-electron chi connectivity index (χ0n) is 14.5. The van der Waals surface area contributed by atoms with Crippen LogP contribution in [0.3, 0.4) is 0 Å². The lowest BCUT2D eigenvalue weighted by Crippen LogP contribution is -2.39. The monoisotopic (exact) mass is 468 g/mol. The van der Waals surface area contributed by atoms with Crippen LogP contribution in [-0.4, -0.2) is 57.5 Å². The van der Waals surface area contributed by atoms with Gasteiger partial charge in [0.05, 0.1) is 23.9 Å². The van der Waals surface area contributed by atoms with Crippen LogP contribution >= 0.6 is 35.3 Å². The lowest BCUT2D eigenvalue weighted by molar-refractivity contribution is 0.0888. The Morgan fingerprint density at radius 2 is 2.29 bits per heavy atom. The van der Waals surface area contributed by atoms with E-state index in [4.69, 9.17) is 9.47 Å². The fourth-order valence-corrected chi connectivity index (χ4v) is 3.05. The predicted octanol–water partition coefficient (Wildman–Crippen LogP) is 2.22. The lowest BCUT2D eigenvalue weighted by atomic mass is 10.1. The minimum Gasteiger partial charge on any atom is -0.381 e. The van der Waals surface area contributed by atoms with Crippen molar-refractivity contribution in [1.82, 2.24) is 15.6 Å². The Morgan fingerprint density at radius 1 is 1.46 bits per heavy atom. The van der Waals surface area contributed by atoms with Crippen molar-refractivity contribution in [1.29, 1.82) is 0 Å². The van der Waals surface area contributed by atoms with Gasteiger partial charge in [-0.05, 0) is 19.8 Å². The molecule has 1 aromatic heterocycles. The van der Waals surface area contributed by atoms with Crippen LogP contribution in [0.15, 0.2) is 10.4 Å². The zero-order chi connectivity index (χ0) is 16.3. The van der Waals surface area contributed by atoms with Gasteiger partial charge in [-0.25, -0.2) is 4.98 Å². The van der Waals surface area contributed by atoms with Crippen molar-refractivity contribution in [3.8, 4) is 0 Å². The highest BCUT2D eigenvalue weighted by Crippen LogP contribution is 2.12. The van der Waals surface area contributed by atoms with E-state index in [2.05, 4.69) is 26.0 Å². The fraction of sp³-hybridized carbons (Fsp3) is 0.750. The first kappa shape index (κ1) is 21.6. The molecule has 2 heterocycles. The molecule has 0 amide bonds.